The molecule has 5 heteroatoms. The monoisotopic (exact) mass is 384 g/mol. The van der Waals surface area contributed by atoms with Crippen molar-refractivity contribution in [1.82, 2.24) is 9.80 Å². The van der Waals surface area contributed by atoms with Crippen LogP contribution in [0, 0.1) is 0 Å². The van der Waals surface area contributed by atoms with Gasteiger partial charge in [0.1, 0.15) is 0 Å². The van der Waals surface area contributed by atoms with Gasteiger partial charge in [-0.2, -0.15) is 0 Å². The van der Waals surface area contributed by atoms with E-state index in [-0.39, 0.29) is 5.91 Å². The second-order valence-corrected chi connectivity index (χ2v) is 8.14. The highest BCUT2D eigenvalue weighted by Gasteiger charge is 2.38. The quantitative estimate of drug-likeness (QED) is 0.776. The molecular weight excluding hydrogens is 352 g/mol. The third-order valence-electron chi connectivity index (χ3n) is 6.61. The second kappa shape index (κ2) is 8.56. The fourth-order valence-corrected chi connectivity index (χ4v) is 5.21. The molecular formula is C23H32N2O3. The van der Waals surface area contributed by atoms with Crippen LogP contribution >= 0.6 is 0 Å². The van der Waals surface area contributed by atoms with Gasteiger partial charge in [-0.3, -0.25) is 9.69 Å². The van der Waals surface area contributed by atoms with E-state index >= 15 is 0 Å². The van der Waals surface area contributed by atoms with Gasteiger partial charge < -0.3 is 14.4 Å². The zero-order valence-electron chi connectivity index (χ0n) is 17.2. The van der Waals surface area contributed by atoms with Crippen molar-refractivity contribution in [1.29, 1.82) is 0 Å². The summed E-state index contributed by atoms with van der Waals surface area (Å²) in [6, 6.07) is 6.65. The average Bonchev–Trinajstić information content (AvgIpc) is 3.28. The Labute approximate surface area is 168 Å². The summed E-state index contributed by atoms with van der Waals surface area (Å²) < 4.78 is 10.8. The van der Waals surface area contributed by atoms with E-state index in [0.29, 0.717) is 23.6 Å². The molecule has 1 aromatic carbocycles. The van der Waals surface area contributed by atoms with Crippen molar-refractivity contribution in [3.05, 3.63) is 29.8 Å². The molecule has 1 amide bonds. The Morgan fingerprint density at radius 2 is 1.61 bits per heavy atom. The standard InChI is InChI=1S/C23H32N2O3/c1-27-21-12-11-17(16-22(21)28-2)18-8-7-15-25(23(18)26)20-10-4-3-9-19(20)24-13-5-6-14-24/h8,11-12,16,19-20H,3-7,9-10,13-15H2,1-2H3. The van der Waals surface area contributed by atoms with Crippen molar-refractivity contribution in [3.63, 3.8) is 0 Å². The maximum Gasteiger partial charge on any atom is 0.254 e. The molecule has 1 saturated heterocycles. The van der Waals surface area contributed by atoms with Crippen LogP contribution < -0.4 is 9.47 Å². The van der Waals surface area contributed by atoms with Crippen molar-refractivity contribution in [2.45, 2.75) is 57.0 Å². The number of rotatable bonds is 5. The molecule has 4 rings (SSSR count). The number of likely N-dealkylation sites (tertiary alicyclic amines) is 1. The largest absolute Gasteiger partial charge is 0.493 e. The number of ether oxygens (including phenoxy) is 2. The number of hydrogen-bond donors (Lipinski definition) is 0. The highest BCUT2D eigenvalue weighted by atomic mass is 16.5. The lowest BCUT2D eigenvalue weighted by atomic mass is 9.86. The lowest BCUT2D eigenvalue weighted by Gasteiger charge is -2.45. The van der Waals surface area contributed by atoms with Gasteiger partial charge in [0, 0.05) is 24.2 Å². The zero-order chi connectivity index (χ0) is 19.5. The Morgan fingerprint density at radius 3 is 2.32 bits per heavy atom. The molecule has 0 radical (unpaired) electrons. The number of hydrogen-bond acceptors (Lipinski definition) is 4. The van der Waals surface area contributed by atoms with Crippen molar-refractivity contribution >= 4 is 11.5 Å². The first-order valence-electron chi connectivity index (χ1n) is 10.7. The van der Waals surface area contributed by atoms with Gasteiger partial charge in [0.25, 0.3) is 5.91 Å². The van der Waals surface area contributed by atoms with Crippen LogP contribution in [0.3, 0.4) is 0 Å². The first kappa shape index (κ1) is 19.3. The summed E-state index contributed by atoms with van der Waals surface area (Å²) in [5.74, 6) is 1.53. The molecule has 2 heterocycles. The van der Waals surface area contributed by atoms with E-state index < -0.39 is 0 Å². The van der Waals surface area contributed by atoms with Crippen LogP contribution in [-0.2, 0) is 4.79 Å². The predicted octanol–water partition coefficient (Wildman–Crippen LogP) is 3.73. The highest BCUT2D eigenvalue weighted by molar-refractivity contribution is 6.20. The molecule has 1 saturated carbocycles. The van der Waals surface area contributed by atoms with Crippen LogP contribution in [0.5, 0.6) is 11.5 Å². The molecule has 3 aliphatic rings. The third-order valence-corrected chi connectivity index (χ3v) is 6.61. The Kier molecular flexibility index (Phi) is 5.90. The van der Waals surface area contributed by atoms with E-state index in [0.717, 1.165) is 30.5 Å². The summed E-state index contributed by atoms with van der Waals surface area (Å²) >= 11 is 0. The molecule has 2 unspecified atom stereocenters. The molecule has 1 aliphatic carbocycles. The van der Waals surface area contributed by atoms with Gasteiger partial charge in [0.05, 0.1) is 14.2 Å². The lowest BCUT2D eigenvalue weighted by molar-refractivity contribution is -0.130. The van der Waals surface area contributed by atoms with Crippen molar-refractivity contribution in [2.24, 2.45) is 0 Å². The molecule has 0 bridgehead atoms. The predicted molar refractivity (Wildman–Crippen MR) is 111 cm³/mol. The molecule has 5 nitrogen and oxygen atoms in total. The Bertz CT molecular complexity index is 739. The Balaban J connectivity index is 1.57. The zero-order valence-corrected chi connectivity index (χ0v) is 17.2. The summed E-state index contributed by atoms with van der Waals surface area (Å²) in [6.45, 7) is 3.23. The van der Waals surface area contributed by atoms with Crippen LogP contribution in [0.25, 0.3) is 5.57 Å². The van der Waals surface area contributed by atoms with E-state index in [9.17, 15) is 4.79 Å². The summed E-state index contributed by atoms with van der Waals surface area (Å²) in [5.41, 5.74) is 1.72. The third kappa shape index (κ3) is 3.64. The minimum absolute atomic E-state index is 0.176. The first-order valence-corrected chi connectivity index (χ1v) is 10.7. The van der Waals surface area contributed by atoms with Gasteiger partial charge in [-0.15, -0.1) is 0 Å². The second-order valence-electron chi connectivity index (χ2n) is 8.14. The Morgan fingerprint density at radius 1 is 0.893 bits per heavy atom. The molecule has 2 aliphatic heterocycles. The fourth-order valence-electron chi connectivity index (χ4n) is 5.21. The average molecular weight is 385 g/mol. The van der Waals surface area contributed by atoms with Crippen molar-refractivity contribution in [2.75, 3.05) is 33.9 Å². The van der Waals surface area contributed by atoms with E-state index in [1.165, 1.54) is 45.2 Å². The highest BCUT2D eigenvalue weighted by Crippen LogP contribution is 2.35. The minimum Gasteiger partial charge on any atom is -0.493 e. The van der Waals surface area contributed by atoms with Gasteiger partial charge >= 0.3 is 0 Å². The smallest absolute Gasteiger partial charge is 0.254 e. The van der Waals surface area contributed by atoms with Gasteiger partial charge in [-0.1, -0.05) is 25.0 Å². The normalized spacial score (nSPS) is 26.3. The van der Waals surface area contributed by atoms with Crippen molar-refractivity contribution in [3.8, 4) is 11.5 Å². The lowest BCUT2D eigenvalue weighted by Crippen LogP contribution is -2.55. The van der Waals surface area contributed by atoms with Gasteiger partial charge in [-0.05, 0) is 62.9 Å². The van der Waals surface area contributed by atoms with E-state index in [1.807, 2.05) is 18.2 Å². The summed E-state index contributed by atoms with van der Waals surface area (Å²) in [5, 5.41) is 0. The number of amides is 1. The SMILES string of the molecule is COc1ccc(C2=CCCN(C3CCCCC3N3CCCC3)C2=O)cc1OC. The molecule has 152 valence electrons. The van der Waals surface area contributed by atoms with Gasteiger partial charge in [0.15, 0.2) is 11.5 Å². The topological polar surface area (TPSA) is 42.0 Å². The van der Waals surface area contributed by atoms with Gasteiger partial charge in [-0.25, -0.2) is 0 Å². The number of carbonyl (C=O) groups is 1. The maximum absolute atomic E-state index is 13.5. The van der Waals surface area contributed by atoms with E-state index in [2.05, 4.69) is 15.9 Å². The van der Waals surface area contributed by atoms with Crippen LogP contribution in [-0.4, -0.2) is 61.6 Å². The number of nitrogens with zero attached hydrogens (tertiary/aromatic N) is 2. The van der Waals surface area contributed by atoms with Crippen LogP contribution in [0.15, 0.2) is 24.3 Å². The van der Waals surface area contributed by atoms with Crippen molar-refractivity contribution < 1.29 is 14.3 Å². The van der Waals surface area contributed by atoms with E-state index in [1.54, 1.807) is 14.2 Å². The molecule has 1 aromatic rings. The number of benzene rings is 1. The van der Waals surface area contributed by atoms with Crippen LogP contribution in [0.1, 0.15) is 50.5 Å². The van der Waals surface area contributed by atoms with Gasteiger partial charge in [0.2, 0.25) is 0 Å². The summed E-state index contributed by atoms with van der Waals surface area (Å²) in [6.07, 6.45) is 10.5. The molecule has 0 spiro atoms. The maximum atomic E-state index is 13.5. The fraction of sp³-hybridized carbons (Fsp3) is 0.609. The van der Waals surface area contributed by atoms with E-state index in [4.69, 9.17) is 9.47 Å². The first-order chi connectivity index (χ1) is 13.7. The molecule has 0 aromatic heterocycles. The Hall–Kier alpha value is -2.01. The molecule has 2 fully saturated rings. The number of carbonyl (C=O) groups excluding carboxylic acids is 1. The van der Waals surface area contributed by atoms with Crippen LogP contribution in [0.2, 0.25) is 0 Å². The molecule has 28 heavy (non-hydrogen) atoms. The summed E-state index contributed by atoms with van der Waals surface area (Å²) in [7, 11) is 3.26. The summed E-state index contributed by atoms with van der Waals surface area (Å²) in [4.78, 5) is 18.3. The number of methoxy groups -OCH3 is 2. The molecule has 2 atom stereocenters. The molecule has 0 N–H and O–H groups in total. The minimum atomic E-state index is 0.176. The van der Waals surface area contributed by atoms with Crippen LogP contribution in [0.4, 0.5) is 0 Å².